The number of carbonyl (C=O) groups is 2. The van der Waals surface area contributed by atoms with Crippen molar-refractivity contribution in [2.45, 2.75) is 50.7 Å². The zero-order valence-electron chi connectivity index (χ0n) is 18.3. The zero-order chi connectivity index (χ0) is 22.5. The second-order valence-corrected chi connectivity index (χ2v) is 9.17. The van der Waals surface area contributed by atoms with Crippen LogP contribution in [0.1, 0.15) is 47.2 Å². The first-order valence-corrected chi connectivity index (χ1v) is 11.0. The van der Waals surface area contributed by atoms with Crippen LogP contribution in [0.3, 0.4) is 0 Å². The molecule has 3 fully saturated rings. The molecule has 32 heavy (non-hydrogen) atoms. The third kappa shape index (κ3) is 3.26. The molecule has 1 amide bonds. The largest absolute Gasteiger partial charge is 0.479 e. The van der Waals surface area contributed by atoms with Gasteiger partial charge >= 0.3 is 5.97 Å². The fourth-order valence-electron chi connectivity index (χ4n) is 5.08. The van der Waals surface area contributed by atoms with Gasteiger partial charge in [0.1, 0.15) is 0 Å². The number of nitrogens with one attached hydrogen (secondary N) is 1. The van der Waals surface area contributed by atoms with Gasteiger partial charge in [-0.15, -0.1) is 0 Å². The number of aryl methyl sites for hydroxylation is 1. The number of ether oxygens (including phenoxy) is 1. The lowest BCUT2D eigenvalue weighted by molar-refractivity contribution is -0.195. The molecule has 1 saturated carbocycles. The number of hydrogen-bond acceptors (Lipinski definition) is 4. The van der Waals surface area contributed by atoms with Crippen molar-refractivity contribution in [2.75, 3.05) is 6.61 Å². The number of carboxylic acids is 1. The molecule has 6 heteroatoms. The average molecular weight is 431 g/mol. The fourth-order valence-corrected chi connectivity index (χ4v) is 5.08. The number of aliphatic carboxylic acids is 1. The molecule has 0 unspecified atom stereocenters. The lowest BCUT2D eigenvalue weighted by Crippen LogP contribution is -2.65. The van der Waals surface area contributed by atoms with Gasteiger partial charge in [-0.3, -0.25) is 4.79 Å². The Kier molecular flexibility index (Phi) is 4.78. The van der Waals surface area contributed by atoms with Crippen LogP contribution in [0.5, 0.6) is 0 Å². The number of benzene rings is 2. The minimum Gasteiger partial charge on any atom is -0.479 e. The molecule has 2 bridgehead atoms. The van der Waals surface area contributed by atoms with E-state index in [0.29, 0.717) is 31.2 Å². The molecule has 3 aliphatic rings. The maximum atomic E-state index is 13.7. The van der Waals surface area contributed by atoms with Gasteiger partial charge in [0.05, 0.1) is 28.9 Å². The Morgan fingerprint density at radius 1 is 1.03 bits per heavy atom. The van der Waals surface area contributed by atoms with E-state index in [-0.39, 0.29) is 12.5 Å². The van der Waals surface area contributed by atoms with Gasteiger partial charge in [-0.2, -0.15) is 0 Å². The van der Waals surface area contributed by atoms with Crippen LogP contribution < -0.4 is 5.32 Å². The highest BCUT2D eigenvalue weighted by Crippen LogP contribution is 2.44. The molecule has 164 valence electrons. The molecule has 0 atom stereocenters. The standard InChI is InChI=1S/C26H26N2O4/c1-16-8-9-20-19(14-16)21(17(2)22(27-20)18-6-4-3-5-7-18)23(29)28-25-10-12-26(13-11-25,24(30)31)32-15-25/h3-9,14H,10-13,15H2,1-2H3,(H,28,29)(H,30,31). The van der Waals surface area contributed by atoms with Crippen LogP contribution >= 0.6 is 0 Å². The van der Waals surface area contributed by atoms with E-state index in [1.165, 1.54) is 0 Å². The van der Waals surface area contributed by atoms with Crippen LogP contribution in [0.25, 0.3) is 22.2 Å². The first kappa shape index (κ1) is 20.6. The number of fused-ring (bicyclic) bond motifs is 4. The smallest absolute Gasteiger partial charge is 0.335 e. The lowest BCUT2D eigenvalue weighted by atomic mass is 9.71. The van der Waals surface area contributed by atoms with E-state index in [1.807, 2.05) is 62.4 Å². The third-order valence-electron chi connectivity index (χ3n) is 7.07. The summed E-state index contributed by atoms with van der Waals surface area (Å²) in [4.78, 5) is 30.3. The van der Waals surface area contributed by atoms with E-state index < -0.39 is 17.1 Å². The quantitative estimate of drug-likeness (QED) is 0.640. The molecule has 3 heterocycles. The van der Waals surface area contributed by atoms with E-state index >= 15 is 0 Å². The summed E-state index contributed by atoms with van der Waals surface area (Å²) in [5.41, 5.74) is 3.40. The molecule has 1 aromatic heterocycles. The monoisotopic (exact) mass is 430 g/mol. The Labute approximate surface area is 186 Å². The molecule has 2 saturated heterocycles. The van der Waals surface area contributed by atoms with Crippen LogP contribution in [-0.2, 0) is 9.53 Å². The van der Waals surface area contributed by atoms with Crippen molar-refractivity contribution in [3.8, 4) is 11.3 Å². The summed E-state index contributed by atoms with van der Waals surface area (Å²) in [5.74, 6) is -1.07. The number of aromatic nitrogens is 1. The van der Waals surface area contributed by atoms with Crippen molar-refractivity contribution in [3.05, 3.63) is 65.2 Å². The number of rotatable bonds is 4. The van der Waals surface area contributed by atoms with Crippen LogP contribution in [-0.4, -0.2) is 39.7 Å². The molecule has 6 nitrogen and oxygen atoms in total. The van der Waals surface area contributed by atoms with Crippen LogP contribution in [0, 0.1) is 13.8 Å². The summed E-state index contributed by atoms with van der Waals surface area (Å²) < 4.78 is 5.77. The Morgan fingerprint density at radius 2 is 1.75 bits per heavy atom. The highest BCUT2D eigenvalue weighted by molar-refractivity contribution is 6.09. The predicted molar refractivity (Wildman–Crippen MR) is 122 cm³/mol. The van der Waals surface area contributed by atoms with Gasteiger partial charge in [-0.1, -0.05) is 42.0 Å². The van der Waals surface area contributed by atoms with Crippen molar-refractivity contribution < 1.29 is 19.4 Å². The molecule has 2 aliphatic heterocycles. The number of carboxylic acid groups (broad SMARTS) is 1. The lowest BCUT2D eigenvalue weighted by Gasteiger charge is -2.51. The normalized spacial score (nSPS) is 24.4. The van der Waals surface area contributed by atoms with E-state index in [2.05, 4.69) is 5.32 Å². The Hall–Kier alpha value is -3.25. The summed E-state index contributed by atoms with van der Waals surface area (Å²) in [6, 6.07) is 15.8. The van der Waals surface area contributed by atoms with Crippen LogP contribution in [0.4, 0.5) is 0 Å². The van der Waals surface area contributed by atoms with Gasteiger partial charge < -0.3 is 15.2 Å². The molecule has 1 aliphatic carbocycles. The third-order valence-corrected chi connectivity index (χ3v) is 7.07. The molecular formula is C26H26N2O4. The van der Waals surface area contributed by atoms with Gasteiger partial charge in [0.15, 0.2) is 5.60 Å². The van der Waals surface area contributed by atoms with E-state index in [1.54, 1.807) is 0 Å². The van der Waals surface area contributed by atoms with Crippen molar-refractivity contribution in [1.29, 1.82) is 0 Å². The molecular weight excluding hydrogens is 404 g/mol. The topological polar surface area (TPSA) is 88.5 Å². The molecule has 0 radical (unpaired) electrons. The van der Waals surface area contributed by atoms with E-state index in [4.69, 9.17) is 9.72 Å². The van der Waals surface area contributed by atoms with E-state index in [9.17, 15) is 14.7 Å². The molecule has 3 aromatic rings. The van der Waals surface area contributed by atoms with Crippen LogP contribution in [0.2, 0.25) is 0 Å². The molecule has 0 spiro atoms. The summed E-state index contributed by atoms with van der Waals surface area (Å²) >= 11 is 0. The second kappa shape index (κ2) is 7.41. The molecule has 2 N–H and O–H groups in total. The highest BCUT2D eigenvalue weighted by Gasteiger charge is 2.54. The van der Waals surface area contributed by atoms with Crippen molar-refractivity contribution in [2.24, 2.45) is 0 Å². The highest BCUT2D eigenvalue weighted by atomic mass is 16.5. The maximum Gasteiger partial charge on any atom is 0.335 e. The Morgan fingerprint density at radius 3 is 2.38 bits per heavy atom. The fraction of sp³-hybridized carbons (Fsp3) is 0.346. The summed E-state index contributed by atoms with van der Waals surface area (Å²) in [7, 11) is 0. The summed E-state index contributed by atoms with van der Waals surface area (Å²) in [5, 5.41) is 13.6. The number of amides is 1. The van der Waals surface area contributed by atoms with Gasteiger partial charge in [0, 0.05) is 10.9 Å². The van der Waals surface area contributed by atoms with E-state index in [0.717, 1.165) is 33.3 Å². The Bertz CT molecular complexity index is 1210. The minimum absolute atomic E-state index is 0.161. The maximum absolute atomic E-state index is 13.7. The number of carbonyl (C=O) groups excluding carboxylic acids is 1. The van der Waals surface area contributed by atoms with Crippen LogP contribution in [0.15, 0.2) is 48.5 Å². The predicted octanol–water partition coefficient (Wildman–Crippen LogP) is 4.41. The van der Waals surface area contributed by atoms with Crippen molar-refractivity contribution >= 4 is 22.8 Å². The van der Waals surface area contributed by atoms with Crippen molar-refractivity contribution in [1.82, 2.24) is 10.3 Å². The summed E-state index contributed by atoms with van der Waals surface area (Å²) in [6.45, 7) is 4.16. The zero-order valence-corrected chi connectivity index (χ0v) is 18.3. The first-order valence-electron chi connectivity index (χ1n) is 11.0. The summed E-state index contributed by atoms with van der Waals surface area (Å²) in [6.07, 6.45) is 2.01. The second-order valence-electron chi connectivity index (χ2n) is 9.17. The first-order chi connectivity index (χ1) is 15.3. The van der Waals surface area contributed by atoms with Gasteiger partial charge in [-0.05, 0) is 57.2 Å². The SMILES string of the molecule is Cc1ccc2nc(-c3ccccc3)c(C)c(C(=O)NC34CCC(C(=O)O)(CC3)OC4)c2c1. The number of nitrogens with zero attached hydrogens (tertiary/aromatic N) is 1. The molecule has 2 aromatic carbocycles. The number of pyridine rings is 1. The minimum atomic E-state index is -1.09. The Balaban J connectivity index is 1.56. The van der Waals surface area contributed by atoms with Gasteiger partial charge in [-0.25, -0.2) is 9.78 Å². The van der Waals surface area contributed by atoms with Gasteiger partial charge in [0.25, 0.3) is 5.91 Å². The van der Waals surface area contributed by atoms with Crippen molar-refractivity contribution in [3.63, 3.8) is 0 Å². The molecule has 6 rings (SSSR count). The van der Waals surface area contributed by atoms with Gasteiger partial charge in [0.2, 0.25) is 0 Å². The average Bonchev–Trinajstić information content (AvgIpc) is 2.80. The number of hydrogen-bond donors (Lipinski definition) is 2.